The molecule has 0 aromatic heterocycles. The largest absolute Gasteiger partial charge is 0.340 e. The first-order chi connectivity index (χ1) is 9.59. The van der Waals surface area contributed by atoms with Gasteiger partial charge in [0.15, 0.2) is 9.84 Å². The highest BCUT2D eigenvalue weighted by molar-refractivity contribution is 7.93. The zero-order chi connectivity index (χ0) is 16.4. The average Bonchev–Trinajstić information content (AvgIpc) is 2.41. The van der Waals surface area contributed by atoms with Gasteiger partial charge in [-0.15, -0.1) is 0 Å². The van der Waals surface area contributed by atoms with Crippen LogP contribution in [0.3, 0.4) is 0 Å². The van der Waals surface area contributed by atoms with E-state index in [4.69, 9.17) is 23.2 Å². The van der Waals surface area contributed by atoms with Crippen molar-refractivity contribution < 1.29 is 13.2 Å². The number of benzene rings is 1. The van der Waals surface area contributed by atoms with Crippen LogP contribution in [0.15, 0.2) is 18.2 Å². The second kappa shape index (κ2) is 6.99. The summed E-state index contributed by atoms with van der Waals surface area (Å²) in [4.78, 5) is 13.6. The Morgan fingerprint density at radius 2 is 1.81 bits per heavy atom. The predicted octanol–water partition coefficient (Wildman–Crippen LogP) is 3.16. The van der Waals surface area contributed by atoms with Crippen molar-refractivity contribution in [3.63, 3.8) is 0 Å². The smallest absolute Gasteiger partial charge is 0.240 e. The zero-order valence-corrected chi connectivity index (χ0v) is 14.8. The maximum absolute atomic E-state index is 12.3. The zero-order valence-electron chi connectivity index (χ0n) is 12.4. The summed E-state index contributed by atoms with van der Waals surface area (Å²) < 4.78 is 24.1. The summed E-state index contributed by atoms with van der Waals surface area (Å²) in [5, 5.41) is -0.906. The van der Waals surface area contributed by atoms with Gasteiger partial charge < -0.3 is 4.90 Å². The van der Waals surface area contributed by atoms with Gasteiger partial charge in [-0.1, -0.05) is 35.3 Å². The number of halogens is 2. The third-order valence-electron chi connectivity index (χ3n) is 3.31. The summed E-state index contributed by atoms with van der Waals surface area (Å²) in [5.74, 6) is -0.459. The normalized spacial score (nSPS) is 13.3. The number of hydrogen-bond donors (Lipinski definition) is 0. The van der Waals surface area contributed by atoms with Crippen LogP contribution >= 0.6 is 23.2 Å². The fourth-order valence-electron chi connectivity index (χ4n) is 1.86. The lowest BCUT2D eigenvalue weighted by molar-refractivity contribution is -0.129. The number of hydrogen-bond acceptors (Lipinski definition) is 3. The fourth-order valence-corrected chi connectivity index (χ4v) is 3.52. The molecular formula is C14H19Cl2NO3S. The Kier molecular flexibility index (Phi) is 6.08. The maximum Gasteiger partial charge on any atom is 0.240 e. The van der Waals surface area contributed by atoms with Crippen molar-refractivity contribution >= 4 is 38.9 Å². The van der Waals surface area contributed by atoms with E-state index in [1.54, 1.807) is 39.1 Å². The number of amides is 1. The van der Waals surface area contributed by atoms with Crippen molar-refractivity contribution in [3.8, 4) is 0 Å². The highest BCUT2D eigenvalue weighted by Crippen LogP contribution is 2.26. The van der Waals surface area contributed by atoms with Crippen molar-refractivity contribution in [1.29, 1.82) is 0 Å². The van der Waals surface area contributed by atoms with Crippen LogP contribution in [0, 0.1) is 0 Å². The quantitative estimate of drug-likeness (QED) is 0.818. The fraction of sp³-hybridized carbons (Fsp3) is 0.500. The minimum absolute atomic E-state index is 0.205. The monoisotopic (exact) mass is 351 g/mol. The van der Waals surface area contributed by atoms with Crippen LogP contribution in [0.4, 0.5) is 0 Å². The third-order valence-corrected chi connectivity index (χ3v) is 6.67. The van der Waals surface area contributed by atoms with Crippen molar-refractivity contribution in [2.75, 3.05) is 7.05 Å². The Balaban J connectivity index is 2.92. The number of nitrogens with zero attached hydrogens (tertiary/aromatic N) is 1. The first-order valence-corrected chi connectivity index (χ1v) is 8.86. The number of carbonyl (C=O) groups is 1. The second-order valence-corrected chi connectivity index (χ2v) is 8.80. The topological polar surface area (TPSA) is 54.5 Å². The molecule has 0 aliphatic rings. The molecule has 0 bridgehead atoms. The minimum Gasteiger partial charge on any atom is -0.340 e. The van der Waals surface area contributed by atoms with Crippen molar-refractivity contribution in [1.82, 2.24) is 4.90 Å². The lowest BCUT2D eigenvalue weighted by Crippen LogP contribution is -2.41. The minimum atomic E-state index is -3.48. The van der Waals surface area contributed by atoms with Crippen LogP contribution in [-0.2, 0) is 21.2 Å². The van der Waals surface area contributed by atoms with Gasteiger partial charge in [0.25, 0.3) is 0 Å². The first-order valence-electron chi connectivity index (χ1n) is 6.49. The van der Waals surface area contributed by atoms with Crippen LogP contribution in [0.2, 0.25) is 10.0 Å². The standard InChI is InChI=1S/C14H19Cl2NO3S/c1-9(2)21(19,20)10(3)14(18)17(4)8-11-6-5-7-12(15)13(11)16/h5-7,9-10H,8H2,1-4H3. The van der Waals surface area contributed by atoms with Crippen LogP contribution in [-0.4, -0.2) is 36.8 Å². The SMILES string of the molecule is CC(C)S(=O)(=O)C(C)C(=O)N(C)Cc1cccc(Cl)c1Cl. The van der Waals surface area contributed by atoms with E-state index in [1.165, 1.54) is 11.8 Å². The molecule has 1 rings (SSSR count). The Bertz CT molecular complexity index is 629. The molecule has 1 amide bonds. The van der Waals surface area contributed by atoms with Crippen LogP contribution in [0.25, 0.3) is 0 Å². The maximum atomic E-state index is 12.3. The number of carbonyl (C=O) groups excluding carboxylic acids is 1. The molecule has 118 valence electrons. The average molecular weight is 352 g/mol. The third kappa shape index (κ3) is 4.11. The molecule has 1 unspecified atom stereocenters. The molecule has 4 nitrogen and oxygen atoms in total. The molecule has 0 aliphatic heterocycles. The number of sulfone groups is 1. The molecule has 0 radical (unpaired) electrons. The Morgan fingerprint density at radius 1 is 1.24 bits per heavy atom. The molecule has 1 atom stereocenters. The summed E-state index contributed by atoms with van der Waals surface area (Å²) >= 11 is 12.0. The van der Waals surface area contributed by atoms with E-state index in [2.05, 4.69) is 0 Å². The van der Waals surface area contributed by atoms with Gasteiger partial charge in [0.2, 0.25) is 5.91 Å². The molecule has 0 spiro atoms. The van der Waals surface area contributed by atoms with Crippen LogP contribution < -0.4 is 0 Å². The lowest BCUT2D eigenvalue weighted by atomic mass is 10.2. The van der Waals surface area contributed by atoms with Gasteiger partial charge in [-0.2, -0.15) is 0 Å². The van der Waals surface area contributed by atoms with E-state index in [0.717, 1.165) is 0 Å². The molecule has 0 N–H and O–H groups in total. The van der Waals surface area contributed by atoms with E-state index in [-0.39, 0.29) is 6.54 Å². The Morgan fingerprint density at radius 3 is 2.33 bits per heavy atom. The van der Waals surface area contributed by atoms with Crippen molar-refractivity contribution in [3.05, 3.63) is 33.8 Å². The van der Waals surface area contributed by atoms with Gasteiger partial charge in [0.05, 0.1) is 15.3 Å². The highest BCUT2D eigenvalue weighted by Gasteiger charge is 2.32. The molecule has 1 aromatic carbocycles. The highest BCUT2D eigenvalue weighted by atomic mass is 35.5. The second-order valence-electron chi connectivity index (χ2n) is 5.19. The van der Waals surface area contributed by atoms with Gasteiger partial charge in [-0.05, 0) is 32.4 Å². The molecule has 7 heteroatoms. The first kappa shape index (κ1) is 18.3. The summed E-state index contributed by atoms with van der Waals surface area (Å²) in [6.45, 7) is 4.74. The summed E-state index contributed by atoms with van der Waals surface area (Å²) in [6, 6.07) is 5.14. The molecule has 0 saturated carbocycles. The lowest BCUT2D eigenvalue weighted by Gasteiger charge is -2.23. The van der Waals surface area contributed by atoms with E-state index >= 15 is 0 Å². The van der Waals surface area contributed by atoms with Crippen molar-refractivity contribution in [2.24, 2.45) is 0 Å². The summed E-state index contributed by atoms with van der Waals surface area (Å²) in [6.07, 6.45) is 0. The van der Waals surface area contributed by atoms with Gasteiger partial charge >= 0.3 is 0 Å². The molecule has 0 saturated heterocycles. The molecular weight excluding hydrogens is 333 g/mol. The van der Waals surface area contributed by atoms with E-state index in [9.17, 15) is 13.2 Å². The van der Waals surface area contributed by atoms with Crippen LogP contribution in [0.1, 0.15) is 26.3 Å². The Labute approximate surface area is 136 Å². The van der Waals surface area contributed by atoms with E-state index < -0.39 is 26.2 Å². The van der Waals surface area contributed by atoms with Gasteiger partial charge in [-0.3, -0.25) is 4.79 Å². The number of rotatable bonds is 5. The Hall–Kier alpha value is -0.780. The molecule has 21 heavy (non-hydrogen) atoms. The van der Waals surface area contributed by atoms with Gasteiger partial charge in [-0.25, -0.2) is 8.42 Å². The van der Waals surface area contributed by atoms with E-state index in [1.807, 2.05) is 0 Å². The van der Waals surface area contributed by atoms with Gasteiger partial charge in [0, 0.05) is 13.6 Å². The van der Waals surface area contributed by atoms with Crippen LogP contribution in [0.5, 0.6) is 0 Å². The van der Waals surface area contributed by atoms with Gasteiger partial charge in [0.1, 0.15) is 5.25 Å². The predicted molar refractivity (Wildman–Crippen MR) is 86.5 cm³/mol. The van der Waals surface area contributed by atoms with E-state index in [0.29, 0.717) is 15.6 Å². The summed E-state index contributed by atoms with van der Waals surface area (Å²) in [7, 11) is -1.93. The van der Waals surface area contributed by atoms with Crippen molar-refractivity contribution in [2.45, 2.75) is 37.8 Å². The molecule has 0 aliphatic carbocycles. The molecule has 0 fully saturated rings. The summed E-state index contributed by atoms with van der Waals surface area (Å²) in [5.41, 5.74) is 0.675. The molecule has 1 aromatic rings. The molecule has 0 heterocycles.